The second-order valence-corrected chi connectivity index (χ2v) is 6.80. The van der Waals surface area contributed by atoms with Crippen LogP contribution in [0.5, 0.6) is 5.75 Å². The molecule has 0 spiro atoms. The van der Waals surface area contributed by atoms with E-state index in [-0.39, 0.29) is 39.7 Å². The molecule has 0 unspecified atom stereocenters. The van der Waals surface area contributed by atoms with Gasteiger partial charge in [-0.2, -0.15) is 10.5 Å². The summed E-state index contributed by atoms with van der Waals surface area (Å²) in [4.78, 5) is 27.0. The molecule has 4 N–H and O–H groups in total. The number of hydrogen-bond donors (Lipinski definition) is 3. The third-order valence-corrected chi connectivity index (χ3v) is 3.89. The van der Waals surface area contributed by atoms with Crippen LogP contribution in [-0.2, 0) is 4.79 Å². The monoisotopic (exact) mass is 365 g/mol. The highest BCUT2D eigenvalue weighted by Crippen LogP contribution is 2.41. The number of nitrogens with zero attached hydrogens (tertiary/aromatic N) is 2. The van der Waals surface area contributed by atoms with Crippen LogP contribution in [0, 0.1) is 28.1 Å². The number of rotatable bonds is 3. The average molecular weight is 365 g/mol. The van der Waals surface area contributed by atoms with Crippen molar-refractivity contribution in [3.63, 3.8) is 0 Å². The number of nitrogens with one attached hydrogen (secondary N) is 2. The van der Waals surface area contributed by atoms with Crippen molar-refractivity contribution in [3.05, 3.63) is 39.7 Å². The summed E-state index contributed by atoms with van der Waals surface area (Å²) in [5, 5.41) is 21.8. The maximum atomic E-state index is 12.5. The van der Waals surface area contributed by atoms with Crippen molar-refractivity contribution in [2.24, 2.45) is 5.41 Å². The SMILES string of the molecule is COc1cccc(NC(=O)C(C)(C)C)c1-c1c(C#N)c(N)[nH]c(=O)c1C#N. The Kier molecular flexibility index (Phi) is 5.23. The number of aromatic nitrogens is 1. The number of nitrogen functional groups attached to an aromatic ring is 1. The van der Waals surface area contributed by atoms with E-state index >= 15 is 0 Å². The topological polar surface area (TPSA) is 145 Å². The number of nitrogens with two attached hydrogens (primary N) is 1. The lowest BCUT2D eigenvalue weighted by atomic mass is 9.92. The van der Waals surface area contributed by atoms with Gasteiger partial charge in [0.25, 0.3) is 5.56 Å². The van der Waals surface area contributed by atoms with Gasteiger partial charge in [-0.1, -0.05) is 26.8 Å². The number of H-pyrrole nitrogens is 1. The first kappa shape index (κ1) is 19.5. The summed E-state index contributed by atoms with van der Waals surface area (Å²) in [7, 11) is 1.41. The number of hydrogen-bond acceptors (Lipinski definition) is 6. The molecule has 1 aromatic heterocycles. The van der Waals surface area contributed by atoms with E-state index in [0.717, 1.165) is 0 Å². The van der Waals surface area contributed by atoms with Crippen LogP contribution in [0.15, 0.2) is 23.0 Å². The number of benzene rings is 1. The first-order valence-electron chi connectivity index (χ1n) is 8.00. The fraction of sp³-hybridized carbons (Fsp3) is 0.263. The summed E-state index contributed by atoms with van der Waals surface area (Å²) >= 11 is 0. The Bertz CT molecular complexity index is 1050. The molecular weight excluding hydrogens is 346 g/mol. The molecule has 2 rings (SSSR count). The summed E-state index contributed by atoms with van der Waals surface area (Å²) < 4.78 is 5.36. The van der Waals surface area contributed by atoms with Crippen LogP contribution in [0.25, 0.3) is 11.1 Å². The lowest BCUT2D eigenvalue weighted by Gasteiger charge is -2.21. The van der Waals surface area contributed by atoms with Crippen molar-refractivity contribution in [1.82, 2.24) is 4.98 Å². The lowest BCUT2D eigenvalue weighted by molar-refractivity contribution is -0.123. The van der Waals surface area contributed by atoms with Gasteiger partial charge in [0, 0.05) is 11.0 Å². The minimum absolute atomic E-state index is 0.0166. The molecule has 0 atom stereocenters. The molecule has 1 heterocycles. The van der Waals surface area contributed by atoms with E-state index in [1.165, 1.54) is 7.11 Å². The largest absolute Gasteiger partial charge is 0.496 e. The highest BCUT2D eigenvalue weighted by molar-refractivity contribution is 6.01. The molecule has 2 aromatic rings. The number of methoxy groups -OCH3 is 1. The van der Waals surface area contributed by atoms with E-state index in [9.17, 15) is 20.1 Å². The second-order valence-electron chi connectivity index (χ2n) is 6.80. The molecule has 0 fully saturated rings. The molecule has 0 saturated heterocycles. The summed E-state index contributed by atoms with van der Waals surface area (Å²) in [5.41, 5.74) is 4.54. The van der Waals surface area contributed by atoms with E-state index in [0.29, 0.717) is 5.69 Å². The van der Waals surface area contributed by atoms with Crippen molar-refractivity contribution in [3.8, 4) is 29.0 Å². The van der Waals surface area contributed by atoms with Gasteiger partial charge < -0.3 is 20.8 Å². The number of nitriles is 2. The molecule has 0 bridgehead atoms. The fourth-order valence-electron chi connectivity index (χ4n) is 2.47. The summed E-state index contributed by atoms with van der Waals surface area (Å²) in [6.45, 7) is 5.23. The van der Waals surface area contributed by atoms with E-state index in [1.807, 2.05) is 12.1 Å². The summed E-state index contributed by atoms with van der Waals surface area (Å²) in [6, 6.07) is 8.56. The Morgan fingerprint density at radius 2 is 1.81 bits per heavy atom. The zero-order valence-corrected chi connectivity index (χ0v) is 15.4. The zero-order valence-electron chi connectivity index (χ0n) is 15.4. The Balaban J connectivity index is 2.92. The minimum Gasteiger partial charge on any atom is -0.496 e. The molecule has 0 saturated carbocycles. The van der Waals surface area contributed by atoms with Crippen molar-refractivity contribution >= 4 is 17.4 Å². The van der Waals surface area contributed by atoms with Crippen molar-refractivity contribution in [1.29, 1.82) is 10.5 Å². The predicted octanol–water partition coefficient (Wildman–Crippen LogP) is 2.36. The molecule has 0 aliphatic heterocycles. The number of carbonyl (C=O) groups is 1. The highest BCUT2D eigenvalue weighted by Gasteiger charge is 2.27. The standard InChI is InChI=1S/C19H19N5O3/c1-19(2,3)18(26)23-12-6-5-7-13(27-4)15(12)14-10(8-20)16(22)24-17(25)11(14)9-21/h5-7H,1-4H3,(H,23,26)(H3,22,24,25). The van der Waals surface area contributed by atoms with Gasteiger partial charge in [-0.05, 0) is 12.1 Å². The van der Waals surface area contributed by atoms with Crippen molar-refractivity contribution < 1.29 is 9.53 Å². The summed E-state index contributed by atoms with van der Waals surface area (Å²) in [5.74, 6) is -0.179. The van der Waals surface area contributed by atoms with Gasteiger partial charge in [0.05, 0.1) is 18.4 Å². The third kappa shape index (κ3) is 3.60. The molecule has 1 aromatic carbocycles. The molecule has 1 amide bonds. The van der Waals surface area contributed by atoms with Crippen LogP contribution in [0.2, 0.25) is 0 Å². The quantitative estimate of drug-likeness (QED) is 0.761. The van der Waals surface area contributed by atoms with Crippen molar-refractivity contribution in [2.45, 2.75) is 20.8 Å². The fourth-order valence-corrected chi connectivity index (χ4v) is 2.47. The minimum atomic E-state index is -0.733. The van der Waals surface area contributed by atoms with E-state index in [2.05, 4.69) is 10.3 Å². The predicted molar refractivity (Wildman–Crippen MR) is 101 cm³/mol. The first-order chi connectivity index (χ1) is 12.6. The van der Waals surface area contributed by atoms with Gasteiger partial charge in [0.15, 0.2) is 0 Å². The van der Waals surface area contributed by atoms with Gasteiger partial charge in [-0.25, -0.2) is 0 Å². The highest BCUT2D eigenvalue weighted by atomic mass is 16.5. The molecule has 27 heavy (non-hydrogen) atoms. The van der Waals surface area contributed by atoms with Gasteiger partial charge in [0.2, 0.25) is 5.91 Å². The van der Waals surface area contributed by atoms with E-state index < -0.39 is 11.0 Å². The van der Waals surface area contributed by atoms with E-state index in [1.54, 1.807) is 39.0 Å². The van der Waals surface area contributed by atoms with Crippen LogP contribution in [-0.4, -0.2) is 18.0 Å². The number of amides is 1. The van der Waals surface area contributed by atoms with Gasteiger partial charge in [-0.3, -0.25) is 9.59 Å². The molecule has 138 valence electrons. The van der Waals surface area contributed by atoms with Gasteiger partial charge in [-0.15, -0.1) is 0 Å². The van der Waals surface area contributed by atoms with Crippen LogP contribution in [0.3, 0.4) is 0 Å². The average Bonchev–Trinajstić information content (AvgIpc) is 2.60. The van der Waals surface area contributed by atoms with Crippen LogP contribution in [0.1, 0.15) is 31.9 Å². The second kappa shape index (κ2) is 7.22. The molecule has 0 radical (unpaired) electrons. The Morgan fingerprint density at radius 3 is 2.33 bits per heavy atom. The lowest BCUT2D eigenvalue weighted by Crippen LogP contribution is -2.28. The number of anilines is 2. The molecule has 0 aliphatic rings. The molecular formula is C19H19N5O3. The van der Waals surface area contributed by atoms with Crippen LogP contribution in [0.4, 0.5) is 11.5 Å². The number of pyridine rings is 1. The van der Waals surface area contributed by atoms with Crippen molar-refractivity contribution in [2.75, 3.05) is 18.2 Å². The third-order valence-electron chi connectivity index (χ3n) is 3.89. The summed E-state index contributed by atoms with van der Waals surface area (Å²) in [6.07, 6.45) is 0. The van der Waals surface area contributed by atoms with Gasteiger partial charge >= 0.3 is 0 Å². The normalized spacial score (nSPS) is 10.6. The van der Waals surface area contributed by atoms with E-state index in [4.69, 9.17) is 10.5 Å². The van der Waals surface area contributed by atoms with Gasteiger partial charge in [0.1, 0.15) is 34.8 Å². The molecule has 0 aliphatic carbocycles. The molecule has 8 heteroatoms. The first-order valence-corrected chi connectivity index (χ1v) is 8.00. The molecule has 8 nitrogen and oxygen atoms in total. The maximum Gasteiger partial charge on any atom is 0.268 e. The Morgan fingerprint density at radius 1 is 1.19 bits per heavy atom. The Hall–Kier alpha value is -3.78. The smallest absolute Gasteiger partial charge is 0.268 e. The number of ether oxygens (including phenoxy) is 1. The van der Waals surface area contributed by atoms with Crippen LogP contribution < -0.4 is 21.3 Å². The maximum absolute atomic E-state index is 12.5. The number of aromatic amines is 1. The zero-order chi connectivity index (χ0) is 20.4. The van der Waals surface area contributed by atoms with Crippen LogP contribution >= 0.6 is 0 Å². The Labute approximate surface area is 156 Å². The number of carbonyl (C=O) groups excluding carboxylic acids is 1.